The molecule has 0 aromatic heterocycles. The van der Waals surface area contributed by atoms with Crippen LogP contribution in [0.25, 0.3) is 0 Å². The van der Waals surface area contributed by atoms with Crippen molar-refractivity contribution >= 4 is 0 Å². The number of aryl methyl sites for hydroxylation is 1. The highest BCUT2D eigenvalue weighted by molar-refractivity contribution is 5.24. The fraction of sp³-hybridized carbons (Fsp3) is 0.600. The van der Waals surface area contributed by atoms with Crippen molar-refractivity contribution in [1.29, 1.82) is 0 Å². The topological polar surface area (TPSA) is 21.3 Å². The number of ether oxygens (including phenoxy) is 1. The first kappa shape index (κ1) is 14.2. The van der Waals surface area contributed by atoms with E-state index in [2.05, 4.69) is 43.4 Å². The summed E-state index contributed by atoms with van der Waals surface area (Å²) in [6.45, 7) is 6.33. The van der Waals surface area contributed by atoms with Crippen molar-refractivity contribution < 1.29 is 4.74 Å². The summed E-state index contributed by atoms with van der Waals surface area (Å²) in [5.41, 5.74) is 2.71. The van der Waals surface area contributed by atoms with Gasteiger partial charge in [0.2, 0.25) is 0 Å². The zero-order valence-electron chi connectivity index (χ0n) is 11.3. The summed E-state index contributed by atoms with van der Waals surface area (Å²) in [5.74, 6) is 0. The molecule has 0 fully saturated rings. The molecule has 0 radical (unpaired) electrons. The molecule has 2 nitrogen and oxygen atoms in total. The van der Waals surface area contributed by atoms with Crippen molar-refractivity contribution in [1.82, 2.24) is 5.32 Å². The Bertz CT molecular complexity index is 312. The summed E-state index contributed by atoms with van der Waals surface area (Å²) >= 11 is 0. The summed E-state index contributed by atoms with van der Waals surface area (Å²) < 4.78 is 5.03. The SMILES string of the molecule is COCCCCCNC(C)c1cccc(C)c1. The van der Waals surface area contributed by atoms with Crippen LogP contribution in [0.15, 0.2) is 24.3 Å². The Morgan fingerprint density at radius 2 is 2.06 bits per heavy atom. The molecule has 1 N–H and O–H groups in total. The van der Waals surface area contributed by atoms with E-state index in [1.165, 1.54) is 24.0 Å². The van der Waals surface area contributed by atoms with Crippen molar-refractivity contribution in [2.75, 3.05) is 20.3 Å². The number of methoxy groups -OCH3 is 1. The second kappa shape index (κ2) is 8.26. The fourth-order valence-corrected chi connectivity index (χ4v) is 1.92. The molecule has 1 aromatic carbocycles. The number of rotatable bonds is 8. The second-order valence-corrected chi connectivity index (χ2v) is 4.64. The van der Waals surface area contributed by atoms with Gasteiger partial charge in [0.25, 0.3) is 0 Å². The lowest BCUT2D eigenvalue weighted by atomic mass is 10.1. The quantitative estimate of drug-likeness (QED) is 0.697. The van der Waals surface area contributed by atoms with Crippen molar-refractivity contribution in [2.24, 2.45) is 0 Å². The normalized spacial score (nSPS) is 12.6. The maximum atomic E-state index is 5.03. The number of nitrogens with one attached hydrogen (secondary N) is 1. The van der Waals surface area contributed by atoms with E-state index in [0.717, 1.165) is 19.6 Å². The number of benzene rings is 1. The Balaban J connectivity index is 2.19. The van der Waals surface area contributed by atoms with Gasteiger partial charge in [0.05, 0.1) is 0 Å². The van der Waals surface area contributed by atoms with Crippen LogP contribution < -0.4 is 5.32 Å². The summed E-state index contributed by atoms with van der Waals surface area (Å²) in [5, 5.41) is 3.56. The Morgan fingerprint density at radius 3 is 2.76 bits per heavy atom. The minimum Gasteiger partial charge on any atom is -0.385 e. The lowest BCUT2D eigenvalue weighted by Gasteiger charge is -2.14. The standard InChI is InChI=1S/C15H25NO/c1-13-8-7-9-15(12-13)14(2)16-10-5-4-6-11-17-3/h7-9,12,14,16H,4-6,10-11H2,1-3H3. The molecule has 0 heterocycles. The molecule has 0 amide bonds. The van der Waals surface area contributed by atoms with Gasteiger partial charge in [0.1, 0.15) is 0 Å². The van der Waals surface area contributed by atoms with Crippen LogP contribution in [0.2, 0.25) is 0 Å². The van der Waals surface area contributed by atoms with Gasteiger partial charge in [-0.25, -0.2) is 0 Å². The number of unbranched alkanes of at least 4 members (excludes halogenated alkanes) is 2. The Morgan fingerprint density at radius 1 is 1.24 bits per heavy atom. The van der Waals surface area contributed by atoms with E-state index < -0.39 is 0 Å². The van der Waals surface area contributed by atoms with Crippen LogP contribution in [0.4, 0.5) is 0 Å². The van der Waals surface area contributed by atoms with Gasteiger partial charge >= 0.3 is 0 Å². The van der Waals surface area contributed by atoms with Gasteiger partial charge in [-0.2, -0.15) is 0 Å². The van der Waals surface area contributed by atoms with E-state index >= 15 is 0 Å². The summed E-state index contributed by atoms with van der Waals surface area (Å²) in [4.78, 5) is 0. The maximum Gasteiger partial charge on any atom is 0.0462 e. The van der Waals surface area contributed by atoms with E-state index in [1.807, 2.05) is 0 Å². The monoisotopic (exact) mass is 235 g/mol. The van der Waals surface area contributed by atoms with Gasteiger partial charge in [-0.05, 0) is 45.2 Å². The molecule has 96 valence electrons. The maximum absolute atomic E-state index is 5.03. The second-order valence-electron chi connectivity index (χ2n) is 4.64. The predicted molar refractivity (Wildman–Crippen MR) is 73.3 cm³/mol. The van der Waals surface area contributed by atoms with Gasteiger partial charge in [0.15, 0.2) is 0 Å². The van der Waals surface area contributed by atoms with Gasteiger partial charge in [0, 0.05) is 19.8 Å². The Labute approximate surface area is 105 Å². The Kier molecular flexibility index (Phi) is 6.90. The van der Waals surface area contributed by atoms with Crippen LogP contribution in [-0.2, 0) is 4.74 Å². The predicted octanol–water partition coefficient (Wildman–Crippen LogP) is 3.46. The minimum absolute atomic E-state index is 0.442. The lowest BCUT2D eigenvalue weighted by Crippen LogP contribution is -2.19. The Hall–Kier alpha value is -0.860. The van der Waals surface area contributed by atoms with Crippen LogP contribution in [0, 0.1) is 6.92 Å². The van der Waals surface area contributed by atoms with Crippen LogP contribution in [-0.4, -0.2) is 20.3 Å². The molecule has 17 heavy (non-hydrogen) atoms. The summed E-state index contributed by atoms with van der Waals surface area (Å²) in [7, 11) is 1.76. The smallest absolute Gasteiger partial charge is 0.0462 e. The molecule has 0 spiro atoms. The zero-order chi connectivity index (χ0) is 12.5. The molecule has 1 rings (SSSR count). The van der Waals surface area contributed by atoms with E-state index in [0.29, 0.717) is 6.04 Å². The van der Waals surface area contributed by atoms with Crippen LogP contribution in [0.5, 0.6) is 0 Å². The molecule has 0 saturated heterocycles. The van der Waals surface area contributed by atoms with Crippen LogP contribution >= 0.6 is 0 Å². The molecule has 0 aliphatic rings. The number of hydrogen-bond acceptors (Lipinski definition) is 2. The van der Waals surface area contributed by atoms with E-state index in [1.54, 1.807) is 7.11 Å². The molecule has 1 atom stereocenters. The molecule has 0 bridgehead atoms. The fourth-order valence-electron chi connectivity index (χ4n) is 1.92. The number of hydrogen-bond donors (Lipinski definition) is 1. The van der Waals surface area contributed by atoms with Gasteiger partial charge in [-0.1, -0.05) is 29.8 Å². The van der Waals surface area contributed by atoms with Crippen molar-refractivity contribution in [3.63, 3.8) is 0 Å². The van der Waals surface area contributed by atoms with E-state index in [9.17, 15) is 0 Å². The highest BCUT2D eigenvalue weighted by Gasteiger charge is 2.03. The lowest BCUT2D eigenvalue weighted by molar-refractivity contribution is 0.192. The molecule has 1 aromatic rings. The van der Waals surface area contributed by atoms with E-state index in [-0.39, 0.29) is 0 Å². The van der Waals surface area contributed by atoms with Crippen molar-refractivity contribution in [3.8, 4) is 0 Å². The first-order chi connectivity index (χ1) is 8.24. The third kappa shape index (κ3) is 5.85. The molecular weight excluding hydrogens is 210 g/mol. The third-order valence-corrected chi connectivity index (χ3v) is 3.02. The zero-order valence-corrected chi connectivity index (χ0v) is 11.3. The molecule has 0 aliphatic heterocycles. The molecule has 2 heteroatoms. The first-order valence-electron chi connectivity index (χ1n) is 6.53. The third-order valence-electron chi connectivity index (χ3n) is 3.02. The summed E-state index contributed by atoms with van der Waals surface area (Å²) in [6, 6.07) is 9.15. The molecule has 1 unspecified atom stereocenters. The van der Waals surface area contributed by atoms with Crippen LogP contribution in [0.1, 0.15) is 43.4 Å². The molecule has 0 saturated carbocycles. The summed E-state index contributed by atoms with van der Waals surface area (Å²) in [6.07, 6.45) is 3.62. The van der Waals surface area contributed by atoms with Crippen molar-refractivity contribution in [3.05, 3.63) is 35.4 Å². The average Bonchev–Trinajstić information content (AvgIpc) is 2.33. The first-order valence-corrected chi connectivity index (χ1v) is 6.53. The van der Waals surface area contributed by atoms with Gasteiger partial charge in [-0.15, -0.1) is 0 Å². The molecule has 0 aliphatic carbocycles. The van der Waals surface area contributed by atoms with E-state index in [4.69, 9.17) is 4.74 Å². The van der Waals surface area contributed by atoms with Gasteiger partial charge < -0.3 is 10.1 Å². The highest BCUT2D eigenvalue weighted by atomic mass is 16.5. The minimum atomic E-state index is 0.442. The van der Waals surface area contributed by atoms with Crippen molar-refractivity contribution in [2.45, 2.75) is 39.2 Å². The highest BCUT2D eigenvalue weighted by Crippen LogP contribution is 2.13. The molecular formula is C15H25NO. The van der Waals surface area contributed by atoms with Crippen LogP contribution in [0.3, 0.4) is 0 Å². The average molecular weight is 235 g/mol. The largest absolute Gasteiger partial charge is 0.385 e. The van der Waals surface area contributed by atoms with Gasteiger partial charge in [-0.3, -0.25) is 0 Å².